The molecule has 3 unspecified atom stereocenters. The zero-order chi connectivity index (χ0) is 43.1. The quantitative estimate of drug-likeness (QED) is 0.0246. The molecule has 0 bridgehead atoms. The van der Waals surface area contributed by atoms with Gasteiger partial charge in [-0.1, -0.05) is 222 Å². The Hall–Kier alpha value is -2.70. The van der Waals surface area contributed by atoms with Gasteiger partial charge >= 0.3 is 5.97 Å². The maximum absolute atomic E-state index is 13.2. The number of rotatable bonds is 43. The Morgan fingerprint density at radius 1 is 0.492 bits per heavy atom. The maximum Gasteiger partial charge on any atom is 0.306 e. The summed E-state index contributed by atoms with van der Waals surface area (Å²) in [7, 11) is 0. The molecule has 1 amide bonds. The SMILES string of the molecule is CCC/C=C\CCCCCCCC(=O)OC(CCCCC/C=C/C=C/C=C/C=C/C=C/CCC)CC(=O)NC(CO)C(O)CCCCCCCCCCCCCCCC. The molecule has 6 heteroatoms. The van der Waals surface area contributed by atoms with E-state index in [1.165, 1.54) is 96.3 Å². The number of aliphatic hydroxyl groups excluding tert-OH is 2. The molecule has 0 rings (SSSR count). The van der Waals surface area contributed by atoms with E-state index in [0.29, 0.717) is 19.3 Å². The highest BCUT2D eigenvalue weighted by Gasteiger charge is 2.24. The van der Waals surface area contributed by atoms with Crippen molar-refractivity contribution in [2.24, 2.45) is 0 Å². The Morgan fingerprint density at radius 3 is 1.47 bits per heavy atom. The number of unbranched alkanes of at least 4 members (excludes halogenated alkanes) is 23. The summed E-state index contributed by atoms with van der Waals surface area (Å²) in [5, 5.41) is 23.7. The van der Waals surface area contributed by atoms with Crippen LogP contribution in [0.1, 0.15) is 226 Å². The van der Waals surface area contributed by atoms with Crippen LogP contribution in [0, 0.1) is 0 Å². The molecule has 0 aromatic rings. The van der Waals surface area contributed by atoms with Crippen LogP contribution in [0.2, 0.25) is 0 Å². The molecular weight excluding hydrogens is 731 g/mol. The van der Waals surface area contributed by atoms with Gasteiger partial charge in [-0.3, -0.25) is 9.59 Å². The summed E-state index contributed by atoms with van der Waals surface area (Å²) >= 11 is 0. The number of allylic oxidation sites excluding steroid dienone is 12. The van der Waals surface area contributed by atoms with E-state index in [0.717, 1.165) is 83.5 Å². The predicted molar refractivity (Wildman–Crippen MR) is 255 cm³/mol. The van der Waals surface area contributed by atoms with Crippen molar-refractivity contribution in [2.75, 3.05) is 6.61 Å². The van der Waals surface area contributed by atoms with E-state index in [9.17, 15) is 19.8 Å². The zero-order valence-corrected chi connectivity index (χ0v) is 38.6. The van der Waals surface area contributed by atoms with Crippen LogP contribution >= 0.6 is 0 Å². The minimum absolute atomic E-state index is 0.0434. The van der Waals surface area contributed by atoms with Crippen molar-refractivity contribution in [1.29, 1.82) is 0 Å². The molecule has 0 aliphatic carbocycles. The van der Waals surface area contributed by atoms with E-state index in [-0.39, 0.29) is 24.9 Å². The smallest absolute Gasteiger partial charge is 0.306 e. The first-order chi connectivity index (χ1) is 29.0. The van der Waals surface area contributed by atoms with Crippen LogP contribution < -0.4 is 5.32 Å². The fraction of sp³-hybridized carbons (Fsp3) is 0.736. The third kappa shape index (κ3) is 41.8. The van der Waals surface area contributed by atoms with E-state index in [1.54, 1.807) is 0 Å². The van der Waals surface area contributed by atoms with Gasteiger partial charge < -0.3 is 20.3 Å². The van der Waals surface area contributed by atoms with Crippen molar-refractivity contribution >= 4 is 11.9 Å². The van der Waals surface area contributed by atoms with Crippen LogP contribution in [0.5, 0.6) is 0 Å². The second-order valence-corrected chi connectivity index (χ2v) is 16.6. The number of esters is 1. The largest absolute Gasteiger partial charge is 0.462 e. The molecular formula is C53H93NO5. The summed E-state index contributed by atoms with van der Waals surface area (Å²) < 4.78 is 5.89. The maximum atomic E-state index is 13.2. The van der Waals surface area contributed by atoms with Gasteiger partial charge in [-0.15, -0.1) is 0 Å². The molecule has 0 heterocycles. The molecule has 0 aromatic heterocycles. The Labute approximate surface area is 364 Å². The minimum Gasteiger partial charge on any atom is -0.462 e. The average Bonchev–Trinajstić information content (AvgIpc) is 3.23. The van der Waals surface area contributed by atoms with Gasteiger partial charge in [0.1, 0.15) is 6.10 Å². The second-order valence-electron chi connectivity index (χ2n) is 16.6. The Kier molecular flexibility index (Phi) is 44.2. The third-order valence-electron chi connectivity index (χ3n) is 10.8. The number of carbonyl (C=O) groups is 2. The lowest BCUT2D eigenvalue weighted by Crippen LogP contribution is -2.46. The van der Waals surface area contributed by atoms with Crippen molar-refractivity contribution in [3.8, 4) is 0 Å². The van der Waals surface area contributed by atoms with E-state index in [1.807, 2.05) is 36.5 Å². The Balaban J connectivity index is 4.67. The number of hydrogen-bond acceptors (Lipinski definition) is 5. The molecule has 0 saturated heterocycles. The summed E-state index contributed by atoms with van der Waals surface area (Å²) in [5.41, 5.74) is 0. The van der Waals surface area contributed by atoms with Gasteiger partial charge in [-0.25, -0.2) is 0 Å². The number of nitrogens with one attached hydrogen (secondary N) is 1. The van der Waals surface area contributed by atoms with Crippen molar-refractivity contribution in [1.82, 2.24) is 5.32 Å². The molecule has 0 aliphatic rings. The first-order valence-electron chi connectivity index (χ1n) is 24.7. The lowest BCUT2D eigenvalue weighted by atomic mass is 10.0. The van der Waals surface area contributed by atoms with Crippen LogP contribution in [0.15, 0.2) is 72.9 Å². The number of carbonyl (C=O) groups excluding carboxylic acids is 2. The lowest BCUT2D eigenvalue weighted by molar-refractivity contribution is -0.151. The summed E-state index contributed by atoms with van der Waals surface area (Å²) in [6, 6.07) is -0.719. The Bertz CT molecular complexity index is 1110. The molecule has 6 nitrogen and oxygen atoms in total. The lowest BCUT2D eigenvalue weighted by Gasteiger charge is -2.24. The summed E-state index contributed by atoms with van der Waals surface area (Å²) in [6.45, 7) is 6.31. The first kappa shape index (κ1) is 56.3. The van der Waals surface area contributed by atoms with Gasteiger partial charge in [-0.2, -0.15) is 0 Å². The average molecular weight is 824 g/mol. The fourth-order valence-electron chi connectivity index (χ4n) is 7.11. The highest BCUT2D eigenvalue weighted by atomic mass is 16.5. The van der Waals surface area contributed by atoms with E-state index >= 15 is 0 Å². The number of aliphatic hydroxyl groups is 2. The standard InChI is InChI=1S/C53H93NO5/c1-4-7-10-13-16-19-22-24-26-27-28-30-32-35-38-41-44-49(59-53(58)46-43-40-37-34-21-18-15-12-9-6-3)47-52(57)54-50(48-55)51(56)45-42-39-36-33-31-29-25-23-20-17-14-11-8-5-2/h10,12-13,15-16,19,22,24,26-28,30,49-51,55-56H,4-9,11,14,17-18,20-21,23,25,29,31-48H2,1-3H3,(H,54,57)/b13-10+,15-12-,19-16+,24-22+,27-26+,30-28+. The molecule has 0 aromatic carbocycles. The summed E-state index contributed by atoms with van der Waals surface area (Å²) in [6.07, 6.45) is 58.1. The number of hydrogen-bond donors (Lipinski definition) is 3. The molecule has 0 fully saturated rings. The molecule has 0 saturated carbocycles. The van der Waals surface area contributed by atoms with Crippen LogP contribution in [-0.2, 0) is 14.3 Å². The van der Waals surface area contributed by atoms with Crippen molar-refractivity contribution in [2.45, 2.75) is 244 Å². The molecule has 3 atom stereocenters. The molecule has 0 aliphatic heterocycles. The fourth-order valence-corrected chi connectivity index (χ4v) is 7.11. The van der Waals surface area contributed by atoms with Crippen molar-refractivity contribution in [3.05, 3.63) is 72.9 Å². The van der Waals surface area contributed by atoms with Gasteiger partial charge in [0, 0.05) is 6.42 Å². The van der Waals surface area contributed by atoms with E-state index in [4.69, 9.17) is 4.74 Å². The van der Waals surface area contributed by atoms with Gasteiger partial charge in [0.05, 0.1) is 25.2 Å². The molecule has 3 N–H and O–H groups in total. The van der Waals surface area contributed by atoms with Gasteiger partial charge in [0.15, 0.2) is 0 Å². The van der Waals surface area contributed by atoms with E-state index in [2.05, 4.69) is 62.5 Å². The summed E-state index contributed by atoms with van der Waals surface area (Å²) in [4.78, 5) is 26.0. The van der Waals surface area contributed by atoms with Crippen LogP contribution in [0.3, 0.4) is 0 Å². The number of amides is 1. The normalized spacial score (nSPS) is 13.9. The minimum atomic E-state index is -0.803. The summed E-state index contributed by atoms with van der Waals surface area (Å²) in [5.74, 6) is -0.531. The van der Waals surface area contributed by atoms with Crippen molar-refractivity contribution in [3.63, 3.8) is 0 Å². The first-order valence-corrected chi connectivity index (χ1v) is 24.7. The molecule has 340 valence electrons. The van der Waals surface area contributed by atoms with E-state index < -0.39 is 18.2 Å². The highest BCUT2D eigenvalue weighted by Crippen LogP contribution is 2.17. The second kappa shape index (κ2) is 46.4. The number of ether oxygens (including phenoxy) is 1. The monoisotopic (exact) mass is 824 g/mol. The molecule has 0 spiro atoms. The van der Waals surface area contributed by atoms with Gasteiger partial charge in [0.25, 0.3) is 0 Å². The van der Waals surface area contributed by atoms with Crippen LogP contribution in [-0.4, -0.2) is 46.9 Å². The predicted octanol–water partition coefficient (Wildman–Crippen LogP) is 14.6. The van der Waals surface area contributed by atoms with Crippen LogP contribution in [0.25, 0.3) is 0 Å². The highest BCUT2D eigenvalue weighted by molar-refractivity contribution is 5.77. The van der Waals surface area contributed by atoms with Gasteiger partial charge in [0.2, 0.25) is 5.91 Å². The van der Waals surface area contributed by atoms with Crippen molar-refractivity contribution < 1.29 is 24.5 Å². The van der Waals surface area contributed by atoms with Crippen LogP contribution in [0.4, 0.5) is 0 Å². The molecule has 0 radical (unpaired) electrons. The Morgan fingerprint density at radius 2 is 0.915 bits per heavy atom. The molecule has 59 heavy (non-hydrogen) atoms. The van der Waals surface area contributed by atoms with Gasteiger partial charge in [-0.05, 0) is 64.2 Å². The zero-order valence-electron chi connectivity index (χ0n) is 38.6. The topological polar surface area (TPSA) is 95.9 Å². The third-order valence-corrected chi connectivity index (χ3v) is 10.8.